The fourth-order valence-electron chi connectivity index (χ4n) is 2.44. The van der Waals surface area contributed by atoms with Crippen LogP contribution < -0.4 is 5.32 Å². The van der Waals surface area contributed by atoms with Crippen LogP contribution in [0, 0.1) is 20.8 Å². The molecule has 1 aliphatic rings. The first-order valence-electron chi connectivity index (χ1n) is 6.74. The highest BCUT2D eigenvalue weighted by atomic mass is 79.9. The Labute approximate surface area is 132 Å². The molecule has 0 atom stereocenters. The van der Waals surface area contributed by atoms with Crippen molar-refractivity contribution in [2.75, 3.05) is 5.32 Å². The van der Waals surface area contributed by atoms with Crippen molar-refractivity contribution in [1.82, 2.24) is 0 Å². The van der Waals surface area contributed by atoms with Gasteiger partial charge in [0, 0.05) is 10.0 Å². The van der Waals surface area contributed by atoms with Crippen LogP contribution in [0.1, 0.15) is 22.3 Å². The van der Waals surface area contributed by atoms with E-state index >= 15 is 0 Å². The summed E-state index contributed by atoms with van der Waals surface area (Å²) in [5, 5.41) is 2.90. The third kappa shape index (κ3) is 2.40. The minimum Gasteiger partial charge on any atom is -0.320 e. The van der Waals surface area contributed by atoms with E-state index in [-0.39, 0.29) is 5.91 Å². The van der Waals surface area contributed by atoms with Gasteiger partial charge >= 0.3 is 0 Å². The molecule has 0 saturated heterocycles. The van der Waals surface area contributed by atoms with Gasteiger partial charge in [0.25, 0.3) is 5.91 Å². The zero-order valence-electron chi connectivity index (χ0n) is 12.1. The van der Waals surface area contributed by atoms with Crippen LogP contribution in [0.15, 0.2) is 39.8 Å². The van der Waals surface area contributed by atoms with E-state index in [0.29, 0.717) is 5.71 Å². The number of benzene rings is 2. The number of nitrogens with one attached hydrogen (secondary N) is 1. The van der Waals surface area contributed by atoms with Crippen LogP contribution >= 0.6 is 15.9 Å². The van der Waals surface area contributed by atoms with Crippen LogP contribution in [0.4, 0.5) is 11.4 Å². The van der Waals surface area contributed by atoms with E-state index in [1.165, 1.54) is 0 Å². The first-order valence-corrected chi connectivity index (χ1v) is 7.53. The van der Waals surface area contributed by atoms with E-state index in [2.05, 4.69) is 26.2 Å². The summed E-state index contributed by atoms with van der Waals surface area (Å²) >= 11 is 3.51. The largest absolute Gasteiger partial charge is 0.320 e. The van der Waals surface area contributed by atoms with E-state index < -0.39 is 0 Å². The predicted molar refractivity (Wildman–Crippen MR) is 89.6 cm³/mol. The molecule has 4 heteroatoms. The topological polar surface area (TPSA) is 41.5 Å². The molecular weight excluding hydrogens is 328 g/mol. The molecule has 0 bridgehead atoms. The van der Waals surface area contributed by atoms with Gasteiger partial charge in [-0.15, -0.1) is 0 Å². The van der Waals surface area contributed by atoms with Crippen molar-refractivity contribution in [2.45, 2.75) is 20.8 Å². The van der Waals surface area contributed by atoms with E-state index in [4.69, 9.17) is 0 Å². The number of amides is 1. The van der Waals surface area contributed by atoms with Gasteiger partial charge in [-0.25, -0.2) is 4.99 Å². The van der Waals surface area contributed by atoms with Gasteiger partial charge in [-0.3, -0.25) is 4.79 Å². The molecular formula is C17H15BrN2O. The highest BCUT2D eigenvalue weighted by Crippen LogP contribution is 2.31. The van der Waals surface area contributed by atoms with Crippen molar-refractivity contribution in [2.24, 2.45) is 4.99 Å². The van der Waals surface area contributed by atoms with Gasteiger partial charge in [0.05, 0.1) is 11.4 Å². The third-order valence-electron chi connectivity index (χ3n) is 3.69. The molecule has 2 aromatic rings. The van der Waals surface area contributed by atoms with Gasteiger partial charge in [-0.2, -0.15) is 0 Å². The minimum atomic E-state index is -0.140. The Hall–Kier alpha value is -1.94. The number of hydrogen-bond acceptors (Lipinski definition) is 2. The average Bonchev–Trinajstić information content (AvgIpc) is 2.74. The number of aryl methyl sites for hydroxylation is 3. The van der Waals surface area contributed by atoms with Gasteiger partial charge in [-0.05, 0) is 49.6 Å². The second-order valence-corrected chi connectivity index (χ2v) is 6.15. The first kappa shape index (κ1) is 14.0. The zero-order chi connectivity index (χ0) is 15.1. The van der Waals surface area contributed by atoms with Crippen molar-refractivity contribution >= 4 is 38.9 Å². The number of aliphatic imine (C=N–C) groups is 1. The van der Waals surface area contributed by atoms with Crippen LogP contribution in [0.5, 0.6) is 0 Å². The smallest absolute Gasteiger partial charge is 0.275 e. The molecule has 0 spiro atoms. The lowest BCUT2D eigenvalue weighted by molar-refractivity contribution is -0.110. The lowest BCUT2D eigenvalue weighted by Crippen LogP contribution is -2.14. The van der Waals surface area contributed by atoms with E-state index in [1.807, 2.05) is 51.1 Å². The maximum absolute atomic E-state index is 12.2. The Balaban J connectivity index is 2.16. The first-order chi connectivity index (χ1) is 9.97. The summed E-state index contributed by atoms with van der Waals surface area (Å²) in [6, 6.07) is 9.88. The minimum absolute atomic E-state index is 0.140. The van der Waals surface area contributed by atoms with Gasteiger partial charge in [-0.1, -0.05) is 34.1 Å². The molecule has 3 nitrogen and oxygen atoms in total. The highest BCUT2D eigenvalue weighted by molar-refractivity contribution is 9.10. The third-order valence-corrected chi connectivity index (χ3v) is 4.55. The number of halogens is 1. The molecule has 0 aliphatic carbocycles. The van der Waals surface area contributed by atoms with Gasteiger partial charge in [0.15, 0.2) is 0 Å². The van der Waals surface area contributed by atoms with Crippen molar-refractivity contribution in [3.8, 4) is 0 Å². The molecule has 2 aromatic carbocycles. The maximum atomic E-state index is 12.2. The summed E-state index contributed by atoms with van der Waals surface area (Å²) in [4.78, 5) is 16.8. The van der Waals surface area contributed by atoms with Crippen molar-refractivity contribution in [3.63, 3.8) is 0 Å². The number of carbonyl (C=O) groups excluding carboxylic acids is 1. The maximum Gasteiger partial charge on any atom is 0.275 e. The SMILES string of the molecule is Cc1cc(N=C2C(=O)Nc3c(C)cccc32)c(C)cc1Br. The Kier molecular flexibility index (Phi) is 3.41. The molecule has 106 valence electrons. The quantitative estimate of drug-likeness (QED) is 0.817. The van der Waals surface area contributed by atoms with Crippen LogP contribution in [0.3, 0.4) is 0 Å². The predicted octanol–water partition coefficient (Wildman–Crippen LogP) is 4.45. The Morgan fingerprint density at radius 3 is 2.57 bits per heavy atom. The number of anilines is 1. The van der Waals surface area contributed by atoms with Crippen molar-refractivity contribution in [3.05, 3.63) is 57.1 Å². The number of nitrogens with zero attached hydrogens (tertiary/aromatic N) is 1. The molecule has 1 heterocycles. The summed E-state index contributed by atoms with van der Waals surface area (Å²) in [6.07, 6.45) is 0. The normalized spacial score (nSPS) is 15.2. The Morgan fingerprint density at radius 1 is 1.05 bits per heavy atom. The molecule has 21 heavy (non-hydrogen) atoms. The van der Waals surface area contributed by atoms with E-state index in [0.717, 1.165) is 38.1 Å². The molecule has 1 N–H and O–H groups in total. The van der Waals surface area contributed by atoms with Crippen LogP contribution in [0.2, 0.25) is 0 Å². The fraction of sp³-hybridized carbons (Fsp3) is 0.176. The molecule has 0 radical (unpaired) electrons. The summed E-state index contributed by atoms with van der Waals surface area (Å²) in [6.45, 7) is 5.99. The van der Waals surface area contributed by atoms with E-state index in [9.17, 15) is 4.79 Å². The second kappa shape index (κ2) is 5.11. The van der Waals surface area contributed by atoms with Gasteiger partial charge < -0.3 is 5.32 Å². The molecule has 1 aliphatic heterocycles. The van der Waals surface area contributed by atoms with Gasteiger partial charge in [0.1, 0.15) is 5.71 Å². The number of fused-ring (bicyclic) bond motifs is 1. The molecule has 3 rings (SSSR count). The van der Waals surface area contributed by atoms with Crippen LogP contribution in [-0.4, -0.2) is 11.6 Å². The lowest BCUT2D eigenvalue weighted by Gasteiger charge is -2.06. The van der Waals surface area contributed by atoms with E-state index in [1.54, 1.807) is 0 Å². The Bertz CT molecular complexity index is 794. The summed E-state index contributed by atoms with van der Waals surface area (Å²) in [5.41, 5.74) is 6.24. The monoisotopic (exact) mass is 342 g/mol. The zero-order valence-corrected chi connectivity index (χ0v) is 13.7. The highest BCUT2D eigenvalue weighted by Gasteiger charge is 2.27. The van der Waals surface area contributed by atoms with Crippen molar-refractivity contribution in [1.29, 1.82) is 0 Å². The molecule has 1 amide bonds. The standard InChI is InChI=1S/C17H15BrN2O/c1-9-5-4-6-12-15(9)20-17(21)16(12)19-14-8-10(2)13(18)7-11(14)3/h4-8H,1-3H3,(H,19,20,21). The summed E-state index contributed by atoms with van der Waals surface area (Å²) in [7, 11) is 0. The van der Waals surface area contributed by atoms with Crippen LogP contribution in [0.25, 0.3) is 0 Å². The number of hydrogen-bond donors (Lipinski definition) is 1. The average molecular weight is 343 g/mol. The number of para-hydroxylation sites is 1. The molecule has 0 saturated carbocycles. The lowest BCUT2D eigenvalue weighted by atomic mass is 10.1. The summed E-state index contributed by atoms with van der Waals surface area (Å²) in [5.74, 6) is -0.140. The summed E-state index contributed by atoms with van der Waals surface area (Å²) < 4.78 is 1.05. The Morgan fingerprint density at radius 2 is 1.81 bits per heavy atom. The number of carbonyl (C=O) groups is 1. The fourth-order valence-corrected chi connectivity index (χ4v) is 2.90. The molecule has 0 aromatic heterocycles. The number of rotatable bonds is 1. The molecule has 0 fully saturated rings. The van der Waals surface area contributed by atoms with Crippen molar-refractivity contribution < 1.29 is 4.79 Å². The van der Waals surface area contributed by atoms with Gasteiger partial charge in [0.2, 0.25) is 0 Å². The molecule has 0 unspecified atom stereocenters. The van der Waals surface area contributed by atoms with Crippen LogP contribution in [-0.2, 0) is 4.79 Å². The second-order valence-electron chi connectivity index (χ2n) is 5.30.